The predicted molar refractivity (Wildman–Crippen MR) is 157 cm³/mol. The van der Waals surface area contributed by atoms with Crippen LogP contribution in [0.5, 0.6) is 5.75 Å². The summed E-state index contributed by atoms with van der Waals surface area (Å²) in [7, 11) is 0. The maximum atomic E-state index is 14.1. The molecule has 0 aliphatic rings. The highest BCUT2D eigenvalue weighted by atomic mass is 19.1. The van der Waals surface area contributed by atoms with Crippen LogP contribution in [0.25, 0.3) is 0 Å². The van der Waals surface area contributed by atoms with Gasteiger partial charge in [0.2, 0.25) is 0 Å². The zero-order valence-electron chi connectivity index (χ0n) is 24.8. The Balaban J connectivity index is 2.04. The zero-order chi connectivity index (χ0) is 30.3. The molecule has 0 saturated carbocycles. The lowest BCUT2D eigenvalue weighted by atomic mass is 9.75. The van der Waals surface area contributed by atoms with Gasteiger partial charge < -0.3 is 15.2 Å². The van der Waals surface area contributed by atoms with E-state index in [1.165, 1.54) is 0 Å². The van der Waals surface area contributed by atoms with Gasteiger partial charge in [-0.05, 0) is 79.8 Å². The van der Waals surface area contributed by atoms with Gasteiger partial charge in [0, 0.05) is 18.1 Å². The lowest BCUT2D eigenvalue weighted by Gasteiger charge is -2.39. The van der Waals surface area contributed by atoms with Gasteiger partial charge in [0.25, 0.3) is 5.91 Å². The van der Waals surface area contributed by atoms with Gasteiger partial charge in [0.1, 0.15) is 12.4 Å². The van der Waals surface area contributed by atoms with E-state index >= 15 is 0 Å². The number of carboxylic acid groups (broad SMARTS) is 1. The average molecular weight is 566 g/mol. The van der Waals surface area contributed by atoms with Gasteiger partial charge in [-0.1, -0.05) is 69.2 Å². The summed E-state index contributed by atoms with van der Waals surface area (Å²) in [6.45, 7) is 12.5. The Bertz CT molecular complexity index is 1350. The number of carbonyl (C=O) groups excluding carboxylic acids is 1. The second-order valence-electron chi connectivity index (χ2n) is 11.9. The minimum atomic E-state index is -0.963. The number of benzene rings is 3. The molecule has 2 N–H and O–H groups in total. The first kappa shape index (κ1) is 31.8. The van der Waals surface area contributed by atoms with Crippen LogP contribution >= 0.6 is 0 Å². The average Bonchev–Trinajstić information content (AvgIpc) is 2.86. The molecule has 0 atom stereocenters. The lowest BCUT2D eigenvalue weighted by molar-refractivity contribution is -0.136. The third-order valence-corrected chi connectivity index (χ3v) is 6.96. The molecule has 220 valence electrons. The van der Waals surface area contributed by atoms with Crippen LogP contribution in [-0.2, 0) is 23.4 Å². The lowest BCUT2D eigenvalue weighted by Crippen LogP contribution is -2.48. The minimum Gasteiger partial charge on any atom is -0.486 e. The third kappa shape index (κ3) is 8.87. The molecule has 0 saturated heterocycles. The van der Waals surface area contributed by atoms with E-state index in [-0.39, 0.29) is 42.9 Å². The highest BCUT2D eigenvalue weighted by Crippen LogP contribution is 2.37. The van der Waals surface area contributed by atoms with Crippen molar-refractivity contribution in [3.8, 4) is 5.75 Å². The van der Waals surface area contributed by atoms with Crippen molar-refractivity contribution in [2.24, 2.45) is 11.8 Å². The summed E-state index contributed by atoms with van der Waals surface area (Å²) in [6.07, 6.45) is 1.46. The number of nitrogens with one attached hydrogen (secondary N) is 1. The zero-order valence-corrected chi connectivity index (χ0v) is 24.8. The molecule has 0 aromatic heterocycles. The summed E-state index contributed by atoms with van der Waals surface area (Å²) in [5, 5.41) is 12.7. The normalized spacial score (nSPS) is 11.7. The SMILES string of the molecule is Cc1cc(C)cc(C(CC(C)C)(CC(C)C)NC(=O)c2cc(COc3cc(F)ccc3F)ccc2CCC(=O)O)c1. The van der Waals surface area contributed by atoms with Crippen LogP contribution in [0.4, 0.5) is 8.78 Å². The molecule has 0 radical (unpaired) electrons. The molecule has 3 rings (SSSR count). The van der Waals surface area contributed by atoms with Crippen LogP contribution in [0.3, 0.4) is 0 Å². The number of carbonyl (C=O) groups is 2. The molecule has 0 heterocycles. The van der Waals surface area contributed by atoms with E-state index in [9.17, 15) is 23.5 Å². The summed E-state index contributed by atoms with van der Waals surface area (Å²) in [6, 6.07) is 14.4. The third-order valence-electron chi connectivity index (χ3n) is 6.96. The van der Waals surface area contributed by atoms with Crippen molar-refractivity contribution in [2.75, 3.05) is 0 Å². The second kappa shape index (κ2) is 13.7. The van der Waals surface area contributed by atoms with Crippen molar-refractivity contribution in [1.29, 1.82) is 0 Å². The Morgan fingerprint density at radius 2 is 1.54 bits per heavy atom. The van der Waals surface area contributed by atoms with E-state index in [1.807, 2.05) is 13.8 Å². The molecule has 7 heteroatoms. The standard InChI is InChI=1S/C34H41F2NO4/c1-21(2)18-34(19-22(3)4,27-14-23(5)13-24(6)15-27)37-33(40)29-16-25(7-8-26(29)9-12-32(38)39)20-41-31-17-28(35)10-11-30(31)36/h7-8,10-11,13-17,21-22H,9,12,18-20H2,1-6H3,(H,37,40)(H,38,39). The van der Waals surface area contributed by atoms with Gasteiger partial charge in [-0.15, -0.1) is 0 Å². The largest absolute Gasteiger partial charge is 0.486 e. The van der Waals surface area contributed by atoms with Gasteiger partial charge >= 0.3 is 5.97 Å². The Morgan fingerprint density at radius 1 is 0.902 bits per heavy atom. The summed E-state index contributed by atoms with van der Waals surface area (Å²) < 4.78 is 33.3. The molecule has 0 bridgehead atoms. The summed E-state index contributed by atoms with van der Waals surface area (Å²) in [5.41, 5.74) is 4.11. The first-order valence-electron chi connectivity index (χ1n) is 14.1. The van der Waals surface area contributed by atoms with E-state index in [0.717, 1.165) is 34.9 Å². The number of carboxylic acids is 1. The number of rotatable bonds is 13. The number of hydrogen-bond acceptors (Lipinski definition) is 3. The van der Waals surface area contributed by atoms with Gasteiger partial charge in [0.05, 0.1) is 5.54 Å². The van der Waals surface area contributed by atoms with Gasteiger partial charge in [-0.2, -0.15) is 0 Å². The molecule has 0 unspecified atom stereocenters. The monoisotopic (exact) mass is 565 g/mol. The van der Waals surface area contributed by atoms with Crippen molar-refractivity contribution < 1.29 is 28.2 Å². The Kier molecular flexibility index (Phi) is 10.7. The number of hydrogen-bond donors (Lipinski definition) is 2. The van der Waals surface area contributed by atoms with Crippen LogP contribution in [0.15, 0.2) is 54.6 Å². The van der Waals surface area contributed by atoms with Crippen molar-refractivity contribution in [1.82, 2.24) is 5.32 Å². The molecule has 3 aromatic carbocycles. The molecule has 0 aliphatic carbocycles. The van der Waals surface area contributed by atoms with Crippen molar-refractivity contribution in [2.45, 2.75) is 79.4 Å². The number of amides is 1. The molecule has 0 spiro atoms. The van der Waals surface area contributed by atoms with Crippen LogP contribution in [0, 0.1) is 37.3 Å². The molecule has 0 fully saturated rings. The maximum absolute atomic E-state index is 14.1. The smallest absolute Gasteiger partial charge is 0.303 e. The first-order valence-corrected chi connectivity index (χ1v) is 14.1. The number of aryl methyl sites for hydroxylation is 3. The molecule has 0 aliphatic heterocycles. The van der Waals surface area contributed by atoms with Crippen molar-refractivity contribution >= 4 is 11.9 Å². The summed E-state index contributed by atoms with van der Waals surface area (Å²) in [4.78, 5) is 25.5. The van der Waals surface area contributed by atoms with E-state index in [1.54, 1.807) is 18.2 Å². The molecule has 3 aromatic rings. The number of aliphatic carboxylic acids is 1. The summed E-state index contributed by atoms with van der Waals surface area (Å²) in [5.74, 6) is -2.26. The van der Waals surface area contributed by atoms with Crippen LogP contribution in [-0.4, -0.2) is 17.0 Å². The van der Waals surface area contributed by atoms with Crippen LogP contribution < -0.4 is 10.1 Å². The quantitative estimate of drug-likeness (QED) is 0.221. The molecule has 5 nitrogen and oxygen atoms in total. The Labute approximate surface area is 241 Å². The highest BCUT2D eigenvalue weighted by Gasteiger charge is 2.36. The van der Waals surface area contributed by atoms with Crippen LogP contribution in [0.2, 0.25) is 0 Å². The molecular formula is C34H41F2NO4. The first-order chi connectivity index (χ1) is 19.3. The van der Waals surface area contributed by atoms with E-state index in [0.29, 0.717) is 29.5 Å². The summed E-state index contributed by atoms with van der Waals surface area (Å²) >= 11 is 0. The molecule has 1 amide bonds. The highest BCUT2D eigenvalue weighted by molar-refractivity contribution is 5.96. The van der Waals surface area contributed by atoms with Crippen LogP contribution in [0.1, 0.15) is 85.1 Å². The fourth-order valence-corrected chi connectivity index (χ4v) is 5.56. The number of ether oxygens (including phenoxy) is 1. The predicted octanol–water partition coefficient (Wildman–Crippen LogP) is 7.90. The topological polar surface area (TPSA) is 75.6 Å². The fourth-order valence-electron chi connectivity index (χ4n) is 5.56. The fraction of sp³-hybridized carbons (Fsp3) is 0.412. The van der Waals surface area contributed by atoms with E-state index in [4.69, 9.17) is 4.74 Å². The van der Waals surface area contributed by atoms with Crippen molar-refractivity contribution in [3.05, 3.63) is 99.6 Å². The second-order valence-corrected chi connectivity index (χ2v) is 11.9. The number of halogens is 2. The molecule has 41 heavy (non-hydrogen) atoms. The minimum absolute atomic E-state index is 0.0972. The van der Waals surface area contributed by atoms with E-state index in [2.05, 4.69) is 51.2 Å². The molecular weight excluding hydrogens is 524 g/mol. The Hall–Kier alpha value is -3.74. The van der Waals surface area contributed by atoms with Crippen molar-refractivity contribution in [3.63, 3.8) is 0 Å². The maximum Gasteiger partial charge on any atom is 0.303 e. The van der Waals surface area contributed by atoms with Gasteiger partial charge in [-0.25, -0.2) is 8.78 Å². The van der Waals surface area contributed by atoms with E-state index < -0.39 is 23.1 Å². The van der Waals surface area contributed by atoms with Gasteiger partial charge in [-0.3, -0.25) is 9.59 Å². The Morgan fingerprint density at radius 3 is 2.12 bits per heavy atom. The van der Waals surface area contributed by atoms with Gasteiger partial charge in [0.15, 0.2) is 11.6 Å².